The maximum atomic E-state index is 10.4. The molecular weight excluding hydrogens is 232 g/mol. The van der Waals surface area contributed by atoms with Gasteiger partial charge in [-0.25, -0.2) is 4.21 Å². The second kappa shape index (κ2) is 6.26. The highest BCUT2D eigenvalue weighted by atomic mass is 32.2. The third-order valence-corrected chi connectivity index (χ3v) is 3.90. The van der Waals surface area contributed by atoms with Crippen LogP contribution in [-0.4, -0.2) is 13.9 Å². The molecule has 0 aromatic carbocycles. The van der Waals surface area contributed by atoms with E-state index in [0.29, 0.717) is 0 Å². The maximum absolute atomic E-state index is 10.4. The van der Waals surface area contributed by atoms with Crippen LogP contribution in [0.25, 0.3) is 0 Å². The second-order valence-electron chi connectivity index (χ2n) is 5.23. The van der Waals surface area contributed by atoms with Gasteiger partial charge in [0.25, 0.3) is 0 Å². The van der Waals surface area contributed by atoms with Gasteiger partial charge in [0, 0.05) is 11.9 Å². The zero-order chi connectivity index (χ0) is 12.9. The summed E-state index contributed by atoms with van der Waals surface area (Å²) in [5, 5.41) is 5.04. The molecule has 1 aliphatic rings. The molecule has 2 rings (SSSR count). The Bertz CT molecular complexity index is 360. The lowest BCUT2D eigenvalue weighted by atomic mass is 9.96. The van der Waals surface area contributed by atoms with E-state index in [9.17, 15) is 4.21 Å². The summed E-state index contributed by atoms with van der Waals surface area (Å²) in [6, 6.07) is 4.23. The van der Waals surface area contributed by atoms with Gasteiger partial charge in [0.05, 0.1) is 15.7 Å². The lowest BCUT2D eigenvalue weighted by Gasteiger charge is -2.12. The van der Waals surface area contributed by atoms with Crippen LogP contribution in [0.2, 0.25) is 0 Å². The predicted octanol–water partition coefficient (Wildman–Crippen LogP) is 2.37. The number of pyridine rings is 1. The molecule has 4 heteroatoms. The smallest absolute Gasteiger partial charge is 0.0942 e. The molecule has 0 saturated heterocycles. The largest absolute Gasteiger partial charge is 0.261 e. The number of hydrogen-bond donors (Lipinski definition) is 1. The zero-order valence-corrected chi connectivity index (χ0v) is 11.7. The molecule has 1 aliphatic carbocycles. The number of aryl methyl sites for hydroxylation is 2. The normalized spacial score (nSPS) is 16.5. The number of rotatable bonds is 0. The minimum Gasteiger partial charge on any atom is -0.261 e. The van der Waals surface area contributed by atoms with Crippen LogP contribution in [0.5, 0.6) is 0 Å². The molecular formula is C13H22N2OS. The molecule has 96 valence electrons. The van der Waals surface area contributed by atoms with Crippen molar-refractivity contribution in [1.29, 1.82) is 0 Å². The van der Waals surface area contributed by atoms with E-state index in [2.05, 4.69) is 11.1 Å². The fraction of sp³-hybridized carbons (Fsp3) is 0.615. The number of aromatic nitrogens is 1. The quantitative estimate of drug-likeness (QED) is 0.772. The van der Waals surface area contributed by atoms with Crippen molar-refractivity contribution in [2.45, 2.75) is 51.2 Å². The number of nitrogens with two attached hydrogens (primary N) is 1. The van der Waals surface area contributed by atoms with E-state index in [4.69, 9.17) is 5.14 Å². The summed E-state index contributed by atoms with van der Waals surface area (Å²) in [6.07, 6.45) is 6.99. The minimum atomic E-state index is -1.18. The van der Waals surface area contributed by atoms with Crippen molar-refractivity contribution >= 4 is 11.0 Å². The fourth-order valence-corrected chi connectivity index (χ4v) is 1.53. The highest BCUT2D eigenvalue weighted by molar-refractivity contribution is 7.84. The third-order valence-electron chi connectivity index (χ3n) is 2.70. The molecule has 1 aromatic heterocycles. The average molecular weight is 254 g/mol. The molecule has 1 aromatic rings. The average Bonchev–Trinajstić information content (AvgIpc) is 2.29. The Morgan fingerprint density at radius 3 is 2.41 bits per heavy atom. The first-order valence-electron chi connectivity index (χ1n) is 6.00. The fourth-order valence-electron chi connectivity index (χ4n) is 1.53. The second-order valence-corrected chi connectivity index (χ2v) is 7.05. The number of hydrogen-bond acceptors (Lipinski definition) is 2. The van der Waals surface area contributed by atoms with E-state index < -0.39 is 11.0 Å². The van der Waals surface area contributed by atoms with Crippen LogP contribution in [0.4, 0.5) is 0 Å². The molecule has 3 nitrogen and oxygen atoms in total. The standard InChI is InChI=1S/C9H11N.C4H11NOS/c1-2-6-9-8(4-1)5-3-7-10-9;1-4(2,3)7(5)6/h3,5,7H,1-2,4,6H2;5H2,1-3H3. The van der Waals surface area contributed by atoms with Crippen molar-refractivity contribution in [2.24, 2.45) is 5.14 Å². The summed E-state index contributed by atoms with van der Waals surface area (Å²) >= 11 is 0. The first kappa shape index (κ1) is 14.3. The lowest BCUT2D eigenvalue weighted by Crippen LogP contribution is -2.27. The van der Waals surface area contributed by atoms with Crippen molar-refractivity contribution in [1.82, 2.24) is 4.98 Å². The molecule has 1 unspecified atom stereocenters. The summed E-state index contributed by atoms with van der Waals surface area (Å²) in [5.74, 6) is 0. The van der Waals surface area contributed by atoms with E-state index in [0.717, 1.165) is 0 Å². The van der Waals surface area contributed by atoms with Crippen LogP contribution >= 0.6 is 0 Å². The van der Waals surface area contributed by atoms with Crippen molar-refractivity contribution in [3.05, 3.63) is 29.6 Å². The zero-order valence-electron chi connectivity index (χ0n) is 10.9. The van der Waals surface area contributed by atoms with Crippen molar-refractivity contribution < 1.29 is 4.21 Å². The lowest BCUT2D eigenvalue weighted by molar-refractivity contribution is 0.650. The van der Waals surface area contributed by atoms with Gasteiger partial charge in [-0.1, -0.05) is 6.07 Å². The summed E-state index contributed by atoms with van der Waals surface area (Å²) in [6.45, 7) is 5.51. The third kappa shape index (κ3) is 4.96. The summed E-state index contributed by atoms with van der Waals surface area (Å²) in [4.78, 5) is 4.32. The molecule has 0 amide bonds. The Morgan fingerprint density at radius 2 is 1.88 bits per heavy atom. The monoisotopic (exact) mass is 254 g/mol. The summed E-state index contributed by atoms with van der Waals surface area (Å²) < 4.78 is 10.1. The van der Waals surface area contributed by atoms with Crippen LogP contribution in [0.3, 0.4) is 0 Å². The number of nitrogens with zero attached hydrogens (tertiary/aromatic N) is 1. The van der Waals surface area contributed by atoms with Crippen molar-refractivity contribution in [3.8, 4) is 0 Å². The van der Waals surface area contributed by atoms with Gasteiger partial charge in [0.1, 0.15) is 0 Å². The molecule has 0 fully saturated rings. The van der Waals surface area contributed by atoms with Crippen LogP contribution in [-0.2, 0) is 23.8 Å². The Balaban J connectivity index is 0.000000185. The van der Waals surface area contributed by atoms with Crippen molar-refractivity contribution in [3.63, 3.8) is 0 Å². The predicted molar refractivity (Wildman–Crippen MR) is 73.0 cm³/mol. The van der Waals surface area contributed by atoms with Gasteiger partial charge in [-0.2, -0.15) is 0 Å². The Labute approximate surface area is 106 Å². The Kier molecular flexibility index (Phi) is 5.28. The van der Waals surface area contributed by atoms with E-state index in [1.807, 2.05) is 33.0 Å². The van der Waals surface area contributed by atoms with E-state index in [-0.39, 0.29) is 4.75 Å². The first-order chi connectivity index (χ1) is 7.91. The van der Waals surface area contributed by atoms with Crippen LogP contribution in [0, 0.1) is 0 Å². The number of fused-ring (bicyclic) bond motifs is 1. The Morgan fingerprint density at radius 1 is 1.29 bits per heavy atom. The molecule has 2 N–H and O–H groups in total. The first-order valence-corrected chi connectivity index (χ1v) is 7.21. The molecule has 17 heavy (non-hydrogen) atoms. The van der Waals surface area contributed by atoms with Crippen molar-refractivity contribution in [2.75, 3.05) is 0 Å². The van der Waals surface area contributed by atoms with Gasteiger partial charge in [-0.15, -0.1) is 0 Å². The van der Waals surface area contributed by atoms with E-state index in [1.54, 1.807) is 0 Å². The highest BCUT2D eigenvalue weighted by Gasteiger charge is 2.14. The topological polar surface area (TPSA) is 56.0 Å². The highest BCUT2D eigenvalue weighted by Crippen LogP contribution is 2.17. The molecule has 0 aliphatic heterocycles. The van der Waals surface area contributed by atoms with E-state index in [1.165, 1.54) is 36.9 Å². The summed E-state index contributed by atoms with van der Waals surface area (Å²) in [7, 11) is -1.18. The van der Waals surface area contributed by atoms with Gasteiger partial charge in [0.2, 0.25) is 0 Å². The molecule has 0 saturated carbocycles. The van der Waals surface area contributed by atoms with Crippen LogP contribution < -0.4 is 5.14 Å². The maximum Gasteiger partial charge on any atom is 0.0942 e. The van der Waals surface area contributed by atoms with Gasteiger partial charge < -0.3 is 0 Å². The molecule has 0 radical (unpaired) electrons. The van der Waals surface area contributed by atoms with E-state index >= 15 is 0 Å². The van der Waals surface area contributed by atoms with Gasteiger partial charge in [-0.05, 0) is 58.1 Å². The molecule has 0 bridgehead atoms. The SMILES string of the molecule is CC(C)(C)S(N)=O.c1cnc2c(c1)CCCC2. The van der Waals surface area contributed by atoms with Gasteiger partial charge in [-0.3, -0.25) is 10.1 Å². The summed E-state index contributed by atoms with van der Waals surface area (Å²) in [5.41, 5.74) is 2.79. The van der Waals surface area contributed by atoms with Gasteiger partial charge in [0.15, 0.2) is 0 Å². The van der Waals surface area contributed by atoms with Crippen LogP contribution in [0.15, 0.2) is 18.3 Å². The molecule has 1 heterocycles. The molecule has 1 atom stereocenters. The van der Waals surface area contributed by atoms with Gasteiger partial charge >= 0.3 is 0 Å². The Hall–Kier alpha value is -0.740. The molecule has 0 spiro atoms. The van der Waals surface area contributed by atoms with Crippen LogP contribution in [0.1, 0.15) is 44.9 Å². The minimum absolute atomic E-state index is 0.250.